The molecule has 2 aromatic carbocycles. The number of hydrogen-bond acceptors (Lipinski definition) is 1. The Hall–Kier alpha value is -2.36. The van der Waals surface area contributed by atoms with Crippen molar-refractivity contribution in [2.75, 3.05) is 13.1 Å². The number of halogens is 1. The zero-order valence-electron chi connectivity index (χ0n) is 13.7. The van der Waals surface area contributed by atoms with Crippen LogP contribution in [0.15, 0.2) is 48.5 Å². The number of aryl methyl sites for hydroxylation is 1. The third-order valence-corrected chi connectivity index (χ3v) is 3.70. The van der Waals surface area contributed by atoms with Gasteiger partial charge in [0.05, 0.1) is 0 Å². The third-order valence-electron chi connectivity index (χ3n) is 3.70. The van der Waals surface area contributed by atoms with E-state index in [1.807, 2.05) is 19.1 Å². The summed E-state index contributed by atoms with van der Waals surface area (Å²) in [6.45, 7) is 5.54. The first-order valence-corrected chi connectivity index (χ1v) is 7.91. The smallest absolute Gasteiger partial charge is 0.317 e. The molecule has 0 unspecified atom stereocenters. The molecule has 1 N–H and O–H groups in total. The molecule has 0 saturated carbocycles. The lowest BCUT2D eigenvalue weighted by molar-refractivity contribution is 0.198. The van der Waals surface area contributed by atoms with Crippen LogP contribution in [0.3, 0.4) is 0 Å². The number of rotatable bonds is 6. The van der Waals surface area contributed by atoms with Gasteiger partial charge in [0.25, 0.3) is 0 Å². The standard InChI is InChI=1S/C19H23FN2O/c1-3-22(14-17-8-5-9-18(20)13-17)19(23)21-11-10-16-7-4-6-15(2)12-16/h4-9,12-13H,3,10-11,14H2,1-2H3,(H,21,23). The van der Waals surface area contributed by atoms with Gasteiger partial charge < -0.3 is 10.2 Å². The van der Waals surface area contributed by atoms with Crippen LogP contribution < -0.4 is 5.32 Å². The predicted octanol–water partition coefficient (Wildman–Crippen LogP) is 3.91. The van der Waals surface area contributed by atoms with Gasteiger partial charge in [0.15, 0.2) is 0 Å². The lowest BCUT2D eigenvalue weighted by Gasteiger charge is -2.21. The zero-order valence-corrected chi connectivity index (χ0v) is 13.7. The molecule has 0 saturated heterocycles. The molecule has 0 bridgehead atoms. The van der Waals surface area contributed by atoms with Crippen LogP contribution in [0.4, 0.5) is 9.18 Å². The van der Waals surface area contributed by atoms with Crippen LogP contribution in [0.1, 0.15) is 23.6 Å². The third kappa shape index (κ3) is 5.40. The maximum absolute atomic E-state index is 13.2. The molecule has 0 aliphatic heterocycles. The van der Waals surface area contributed by atoms with Gasteiger partial charge in [-0.1, -0.05) is 42.0 Å². The normalized spacial score (nSPS) is 10.4. The molecule has 2 rings (SSSR count). The second kappa shape index (κ2) is 8.32. The number of hydrogen-bond donors (Lipinski definition) is 1. The fourth-order valence-corrected chi connectivity index (χ4v) is 2.48. The highest BCUT2D eigenvalue weighted by Gasteiger charge is 2.11. The largest absolute Gasteiger partial charge is 0.338 e. The summed E-state index contributed by atoms with van der Waals surface area (Å²) in [7, 11) is 0. The van der Waals surface area contributed by atoms with E-state index in [0.717, 1.165) is 12.0 Å². The predicted molar refractivity (Wildman–Crippen MR) is 90.8 cm³/mol. The van der Waals surface area contributed by atoms with Crippen molar-refractivity contribution >= 4 is 6.03 Å². The highest BCUT2D eigenvalue weighted by Crippen LogP contribution is 2.08. The van der Waals surface area contributed by atoms with Gasteiger partial charge in [0.2, 0.25) is 0 Å². The van der Waals surface area contributed by atoms with Crippen molar-refractivity contribution in [1.29, 1.82) is 0 Å². The molecule has 0 atom stereocenters. The number of nitrogens with zero attached hydrogens (tertiary/aromatic N) is 1. The Morgan fingerprint density at radius 3 is 2.57 bits per heavy atom. The molecular formula is C19H23FN2O. The van der Waals surface area contributed by atoms with Crippen molar-refractivity contribution in [3.8, 4) is 0 Å². The van der Waals surface area contributed by atoms with E-state index < -0.39 is 0 Å². The highest BCUT2D eigenvalue weighted by atomic mass is 19.1. The molecule has 0 fully saturated rings. The van der Waals surface area contributed by atoms with E-state index in [-0.39, 0.29) is 11.8 Å². The summed E-state index contributed by atoms with van der Waals surface area (Å²) in [5.41, 5.74) is 3.22. The number of carbonyl (C=O) groups is 1. The Balaban J connectivity index is 1.85. The van der Waals surface area contributed by atoms with Gasteiger partial charge in [0.1, 0.15) is 5.82 Å². The van der Waals surface area contributed by atoms with Crippen molar-refractivity contribution in [2.24, 2.45) is 0 Å². The number of nitrogens with one attached hydrogen (secondary N) is 1. The molecule has 0 spiro atoms. The van der Waals surface area contributed by atoms with Crippen LogP contribution in [-0.2, 0) is 13.0 Å². The number of benzene rings is 2. The van der Waals surface area contributed by atoms with Crippen molar-refractivity contribution in [1.82, 2.24) is 10.2 Å². The van der Waals surface area contributed by atoms with Gasteiger partial charge in [-0.15, -0.1) is 0 Å². The summed E-state index contributed by atoms with van der Waals surface area (Å²) in [5, 5.41) is 2.93. The van der Waals surface area contributed by atoms with E-state index in [4.69, 9.17) is 0 Å². The lowest BCUT2D eigenvalue weighted by Crippen LogP contribution is -2.40. The highest BCUT2D eigenvalue weighted by molar-refractivity contribution is 5.74. The molecule has 122 valence electrons. The van der Waals surface area contributed by atoms with Crippen molar-refractivity contribution in [3.05, 3.63) is 71.0 Å². The molecule has 0 heterocycles. The maximum Gasteiger partial charge on any atom is 0.317 e. The molecular weight excluding hydrogens is 291 g/mol. The van der Waals surface area contributed by atoms with Crippen LogP contribution in [0.25, 0.3) is 0 Å². The van der Waals surface area contributed by atoms with Crippen LogP contribution in [-0.4, -0.2) is 24.0 Å². The van der Waals surface area contributed by atoms with Crippen molar-refractivity contribution in [2.45, 2.75) is 26.8 Å². The summed E-state index contributed by atoms with van der Waals surface area (Å²) in [4.78, 5) is 13.9. The van der Waals surface area contributed by atoms with Crippen molar-refractivity contribution in [3.63, 3.8) is 0 Å². The molecule has 2 aromatic rings. The van der Waals surface area contributed by atoms with E-state index in [1.165, 1.54) is 23.3 Å². The van der Waals surface area contributed by atoms with E-state index in [9.17, 15) is 9.18 Å². The molecule has 0 aromatic heterocycles. The van der Waals surface area contributed by atoms with Gasteiger partial charge in [-0.05, 0) is 43.5 Å². The summed E-state index contributed by atoms with van der Waals surface area (Å²) < 4.78 is 13.2. The van der Waals surface area contributed by atoms with Crippen LogP contribution in [0.5, 0.6) is 0 Å². The SMILES string of the molecule is CCN(Cc1cccc(F)c1)C(=O)NCCc1cccc(C)c1. The molecule has 0 radical (unpaired) electrons. The number of amides is 2. The first-order valence-electron chi connectivity index (χ1n) is 7.91. The fraction of sp³-hybridized carbons (Fsp3) is 0.316. The monoisotopic (exact) mass is 314 g/mol. The minimum Gasteiger partial charge on any atom is -0.338 e. The van der Waals surface area contributed by atoms with E-state index in [0.29, 0.717) is 19.6 Å². The average Bonchev–Trinajstić information content (AvgIpc) is 2.52. The van der Waals surface area contributed by atoms with Crippen molar-refractivity contribution < 1.29 is 9.18 Å². The summed E-state index contributed by atoms with van der Waals surface area (Å²) in [6.07, 6.45) is 0.797. The van der Waals surface area contributed by atoms with Gasteiger partial charge in [-0.3, -0.25) is 0 Å². The van der Waals surface area contributed by atoms with E-state index in [1.54, 1.807) is 11.0 Å². The second-order valence-corrected chi connectivity index (χ2v) is 5.62. The minimum absolute atomic E-state index is 0.121. The Labute approximate surface area is 137 Å². The zero-order chi connectivity index (χ0) is 16.7. The van der Waals surface area contributed by atoms with Gasteiger partial charge in [-0.2, -0.15) is 0 Å². The molecule has 4 heteroatoms. The Bertz CT molecular complexity index is 657. The topological polar surface area (TPSA) is 32.3 Å². The summed E-state index contributed by atoms with van der Waals surface area (Å²) in [5.74, 6) is -0.279. The van der Waals surface area contributed by atoms with E-state index >= 15 is 0 Å². The molecule has 23 heavy (non-hydrogen) atoms. The first kappa shape index (κ1) is 17.0. The first-order chi connectivity index (χ1) is 11.1. The van der Waals surface area contributed by atoms with Crippen LogP contribution in [0, 0.1) is 12.7 Å². The fourth-order valence-electron chi connectivity index (χ4n) is 2.48. The van der Waals surface area contributed by atoms with Gasteiger partial charge >= 0.3 is 6.03 Å². The molecule has 0 aliphatic carbocycles. The van der Waals surface area contributed by atoms with Gasteiger partial charge in [0, 0.05) is 19.6 Å². The Kier molecular flexibility index (Phi) is 6.15. The minimum atomic E-state index is -0.279. The Morgan fingerprint density at radius 1 is 1.13 bits per heavy atom. The molecule has 2 amide bonds. The number of urea groups is 1. The Morgan fingerprint density at radius 2 is 1.87 bits per heavy atom. The quantitative estimate of drug-likeness (QED) is 0.861. The molecule has 0 aliphatic rings. The summed E-state index contributed by atoms with van der Waals surface area (Å²) in [6, 6.07) is 14.5. The second-order valence-electron chi connectivity index (χ2n) is 5.62. The van der Waals surface area contributed by atoms with Crippen LogP contribution >= 0.6 is 0 Å². The average molecular weight is 314 g/mol. The van der Waals surface area contributed by atoms with Crippen LogP contribution in [0.2, 0.25) is 0 Å². The van der Waals surface area contributed by atoms with E-state index in [2.05, 4.69) is 30.4 Å². The lowest BCUT2D eigenvalue weighted by atomic mass is 10.1. The maximum atomic E-state index is 13.2. The molecule has 3 nitrogen and oxygen atoms in total. The number of carbonyl (C=O) groups excluding carboxylic acids is 1. The van der Waals surface area contributed by atoms with Gasteiger partial charge in [-0.25, -0.2) is 9.18 Å². The summed E-state index contributed by atoms with van der Waals surface area (Å²) >= 11 is 0.